The lowest BCUT2D eigenvalue weighted by molar-refractivity contribution is -0.137. The third-order valence-electron chi connectivity index (χ3n) is 5.54. The zero-order valence-electron chi connectivity index (χ0n) is 15.7. The third-order valence-corrected chi connectivity index (χ3v) is 5.54. The Labute approximate surface area is 155 Å². The number of nitrogens with one attached hydrogen (secondary N) is 2. The van der Waals surface area contributed by atoms with Gasteiger partial charge >= 0.3 is 0 Å². The predicted octanol–water partition coefficient (Wildman–Crippen LogP) is 1.23. The monoisotopic (exact) mass is 362 g/mol. The number of hydrogen-bond acceptors (Lipinski definition) is 4. The molecule has 2 amide bonds. The molecule has 0 bridgehead atoms. The van der Waals surface area contributed by atoms with Gasteiger partial charge in [-0.2, -0.15) is 0 Å². The Kier molecular flexibility index (Phi) is 6.32. The molecule has 3 heterocycles. The molecule has 2 saturated heterocycles. The van der Waals surface area contributed by atoms with Crippen LogP contribution in [0.2, 0.25) is 0 Å². The maximum atomic E-state index is 13.1. The van der Waals surface area contributed by atoms with E-state index in [0.29, 0.717) is 31.2 Å². The van der Waals surface area contributed by atoms with Crippen molar-refractivity contribution in [3.63, 3.8) is 0 Å². The first-order valence-electron chi connectivity index (χ1n) is 9.70. The normalized spacial score (nSPS) is 24.5. The lowest BCUT2D eigenvalue weighted by Crippen LogP contribution is -2.50. The number of likely N-dealkylation sites (N-methyl/N-ethyl adjacent to an activating group) is 1. The number of carbonyl (C=O) groups is 2. The molecule has 0 unspecified atom stereocenters. The van der Waals surface area contributed by atoms with Gasteiger partial charge in [-0.15, -0.1) is 0 Å². The molecule has 2 atom stereocenters. The second-order valence-corrected chi connectivity index (χ2v) is 7.06. The highest BCUT2D eigenvalue weighted by molar-refractivity contribution is 5.92. The van der Waals surface area contributed by atoms with Gasteiger partial charge in [-0.3, -0.25) is 14.5 Å². The lowest BCUT2D eigenvalue weighted by atomic mass is 10.1. The minimum absolute atomic E-state index is 0.0156. The van der Waals surface area contributed by atoms with Crippen LogP contribution in [-0.2, 0) is 9.53 Å². The van der Waals surface area contributed by atoms with Gasteiger partial charge in [-0.25, -0.2) is 0 Å². The highest BCUT2D eigenvalue weighted by atomic mass is 16.5. The van der Waals surface area contributed by atoms with E-state index in [9.17, 15) is 9.59 Å². The number of rotatable bonds is 6. The number of aromatic amines is 1. The summed E-state index contributed by atoms with van der Waals surface area (Å²) in [4.78, 5) is 32.6. The number of carbonyl (C=O) groups excluding carboxylic acids is 2. The van der Waals surface area contributed by atoms with Crippen LogP contribution in [0.3, 0.4) is 0 Å². The van der Waals surface area contributed by atoms with Crippen molar-refractivity contribution in [1.29, 1.82) is 0 Å². The van der Waals surface area contributed by atoms with Crippen LogP contribution >= 0.6 is 0 Å². The first-order valence-corrected chi connectivity index (χ1v) is 9.70. The van der Waals surface area contributed by atoms with Gasteiger partial charge < -0.3 is 19.9 Å². The van der Waals surface area contributed by atoms with Crippen molar-refractivity contribution in [2.24, 2.45) is 0 Å². The number of ether oxygens (including phenoxy) is 1. The molecule has 2 N–H and O–H groups in total. The molecule has 3 rings (SSSR count). The third kappa shape index (κ3) is 4.10. The van der Waals surface area contributed by atoms with E-state index in [4.69, 9.17) is 4.74 Å². The molecule has 0 saturated carbocycles. The van der Waals surface area contributed by atoms with Crippen LogP contribution in [0.4, 0.5) is 0 Å². The molecule has 144 valence electrons. The average molecular weight is 362 g/mol. The first-order chi connectivity index (χ1) is 12.6. The van der Waals surface area contributed by atoms with Crippen molar-refractivity contribution in [2.75, 3.05) is 32.8 Å². The first kappa shape index (κ1) is 18.9. The summed E-state index contributed by atoms with van der Waals surface area (Å²) in [5.41, 5.74) is 0.557. The number of hydrogen-bond donors (Lipinski definition) is 2. The molecular formula is C19H30N4O3. The molecule has 2 aliphatic heterocycles. The lowest BCUT2D eigenvalue weighted by Gasteiger charge is -2.36. The Morgan fingerprint density at radius 2 is 2.04 bits per heavy atom. The van der Waals surface area contributed by atoms with E-state index in [-0.39, 0.29) is 23.9 Å². The molecule has 7 nitrogen and oxygen atoms in total. The predicted molar refractivity (Wildman–Crippen MR) is 98.9 cm³/mol. The van der Waals surface area contributed by atoms with Crippen molar-refractivity contribution >= 4 is 11.8 Å². The van der Waals surface area contributed by atoms with Crippen molar-refractivity contribution in [3.8, 4) is 0 Å². The average Bonchev–Trinajstić information content (AvgIpc) is 3.33. The Balaban J connectivity index is 1.71. The summed E-state index contributed by atoms with van der Waals surface area (Å²) in [6.07, 6.45) is 4.29. The molecule has 26 heavy (non-hydrogen) atoms. The molecule has 0 radical (unpaired) electrons. The minimum Gasteiger partial charge on any atom is -0.381 e. The van der Waals surface area contributed by atoms with Crippen LogP contribution < -0.4 is 5.32 Å². The molecule has 0 spiro atoms. The van der Waals surface area contributed by atoms with Gasteiger partial charge in [0.15, 0.2) is 0 Å². The van der Waals surface area contributed by atoms with Gasteiger partial charge in [0, 0.05) is 51.1 Å². The van der Waals surface area contributed by atoms with Crippen LogP contribution in [-0.4, -0.2) is 77.6 Å². The summed E-state index contributed by atoms with van der Waals surface area (Å²) >= 11 is 0. The zero-order chi connectivity index (χ0) is 18.5. The Bertz CT molecular complexity index is 594. The molecule has 2 fully saturated rings. The fourth-order valence-electron chi connectivity index (χ4n) is 4.11. The molecule has 1 aromatic rings. The van der Waals surface area contributed by atoms with Crippen LogP contribution in [0.5, 0.6) is 0 Å². The Morgan fingerprint density at radius 1 is 1.31 bits per heavy atom. The van der Waals surface area contributed by atoms with Crippen molar-refractivity contribution in [2.45, 2.75) is 51.2 Å². The molecule has 7 heteroatoms. The summed E-state index contributed by atoms with van der Waals surface area (Å²) < 4.78 is 5.49. The van der Waals surface area contributed by atoms with Crippen LogP contribution in [0.15, 0.2) is 18.3 Å². The van der Waals surface area contributed by atoms with Gasteiger partial charge in [0.25, 0.3) is 5.91 Å². The largest absolute Gasteiger partial charge is 0.381 e. The smallest absolute Gasteiger partial charge is 0.267 e. The maximum absolute atomic E-state index is 13.1. The Hall–Kier alpha value is -1.86. The van der Waals surface area contributed by atoms with E-state index < -0.39 is 0 Å². The molecule has 0 aliphatic carbocycles. The number of likely N-dealkylation sites (tertiary alicyclic amines) is 1. The van der Waals surface area contributed by atoms with Crippen LogP contribution in [0, 0.1) is 0 Å². The molecular weight excluding hydrogens is 332 g/mol. The van der Waals surface area contributed by atoms with E-state index in [0.717, 1.165) is 32.6 Å². The summed E-state index contributed by atoms with van der Waals surface area (Å²) in [6, 6.07) is 3.75. The number of nitrogens with zero attached hydrogens (tertiary/aromatic N) is 2. The fourth-order valence-corrected chi connectivity index (χ4v) is 4.11. The van der Waals surface area contributed by atoms with Crippen molar-refractivity contribution in [3.05, 3.63) is 24.0 Å². The van der Waals surface area contributed by atoms with Gasteiger partial charge in [-0.1, -0.05) is 0 Å². The second-order valence-electron chi connectivity index (χ2n) is 7.06. The number of aromatic nitrogens is 1. The van der Waals surface area contributed by atoms with Crippen molar-refractivity contribution in [1.82, 2.24) is 20.1 Å². The highest BCUT2D eigenvalue weighted by Crippen LogP contribution is 2.27. The SMILES string of the molecule is CCN(CC)C(=O)[C@@H]1C[C@H](NC(=O)c2ccc[nH]2)CN1C1CCOCC1. The standard InChI is InChI=1S/C19H30N4O3/c1-3-22(4-2)19(25)17-12-14(21-18(24)16-6-5-9-20-16)13-23(17)15-7-10-26-11-8-15/h5-6,9,14-15,17,20H,3-4,7-8,10-13H2,1-2H3,(H,21,24)/t14-,17-/m0/s1. The summed E-state index contributed by atoms with van der Waals surface area (Å²) in [5.74, 6) is 0.0704. The fraction of sp³-hybridized carbons (Fsp3) is 0.684. The summed E-state index contributed by atoms with van der Waals surface area (Å²) in [6.45, 7) is 7.66. The van der Waals surface area contributed by atoms with E-state index in [2.05, 4.69) is 15.2 Å². The van der Waals surface area contributed by atoms with Gasteiger partial charge in [0.1, 0.15) is 5.69 Å². The zero-order valence-corrected chi connectivity index (χ0v) is 15.7. The second kappa shape index (κ2) is 8.68. The maximum Gasteiger partial charge on any atom is 0.267 e. The Morgan fingerprint density at radius 3 is 2.65 bits per heavy atom. The molecule has 2 aliphatic rings. The van der Waals surface area contributed by atoms with E-state index in [1.165, 1.54) is 0 Å². The van der Waals surface area contributed by atoms with Crippen LogP contribution in [0.1, 0.15) is 43.6 Å². The van der Waals surface area contributed by atoms with Gasteiger partial charge in [0.2, 0.25) is 5.91 Å². The van der Waals surface area contributed by atoms with E-state index in [1.807, 2.05) is 24.8 Å². The van der Waals surface area contributed by atoms with E-state index >= 15 is 0 Å². The number of H-pyrrole nitrogens is 1. The summed E-state index contributed by atoms with van der Waals surface area (Å²) in [7, 11) is 0. The topological polar surface area (TPSA) is 77.7 Å². The minimum atomic E-state index is -0.160. The molecule has 1 aromatic heterocycles. The van der Waals surface area contributed by atoms with Crippen LogP contribution in [0.25, 0.3) is 0 Å². The van der Waals surface area contributed by atoms with E-state index in [1.54, 1.807) is 12.3 Å². The highest BCUT2D eigenvalue weighted by Gasteiger charge is 2.42. The summed E-state index contributed by atoms with van der Waals surface area (Å²) in [5, 5.41) is 3.10. The quantitative estimate of drug-likeness (QED) is 0.798. The van der Waals surface area contributed by atoms with Gasteiger partial charge in [0.05, 0.1) is 6.04 Å². The van der Waals surface area contributed by atoms with Gasteiger partial charge in [-0.05, 0) is 45.2 Å². The van der Waals surface area contributed by atoms with Crippen molar-refractivity contribution < 1.29 is 14.3 Å². The molecule has 0 aromatic carbocycles. The number of amides is 2.